The van der Waals surface area contributed by atoms with Crippen LogP contribution >= 0.6 is 24.4 Å². The molecule has 0 bridgehead atoms. The topological polar surface area (TPSA) is 18.5 Å². The lowest BCUT2D eigenvalue weighted by Gasteiger charge is -1.91. The summed E-state index contributed by atoms with van der Waals surface area (Å²) in [5.41, 5.74) is 0. The van der Waals surface area contributed by atoms with Crippen LogP contribution in [-0.4, -0.2) is 24.3 Å². The van der Waals surface area contributed by atoms with E-state index in [0.29, 0.717) is 10.1 Å². The minimum atomic E-state index is 0. The maximum absolute atomic E-state index is 4.63. The molecule has 0 heterocycles. The zero-order valence-electron chi connectivity index (χ0n) is 8.05. The van der Waals surface area contributed by atoms with Crippen molar-refractivity contribution in [3.05, 3.63) is 0 Å². The average molecular weight is 224 g/mol. The van der Waals surface area contributed by atoms with Crippen LogP contribution in [0, 0.1) is 0 Å². The van der Waals surface area contributed by atoms with Crippen LogP contribution in [0.3, 0.4) is 0 Å². The van der Waals surface area contributed by atoms with Gasteiger partial charge in [-0.05, 0) is 24.4 Å². The molecule has 13 heavy (non-hydrogen) atoms. The van der Waals surface area contributed by atoms with E-state index in [9.17, 15) is 0 Å². The van der Waals surface area contributed by atoms with Crippen molar-refractivity contribution in [2.24, 2.45) is 0 Å². The van der Waals surface area contributed by atoms with Gasteiger partial charge >= 0.3 is 0 Å². The SMILES string of the molecule is C.CCC(=S)OC.CCC(=S)OC. The van der Waals surface area contributed by atoms with E-state index in [1.165, 1.54) is 0 Å². The molecular formula is C9H20O2S2. The van der Waals surface area contributed by atoms with Gasteiger partial charge in [-0.25, -0.2) is 0 Å². The molecule has 0 aliphatic carbocycles. The average Bonchev–Trinajstić information content (AvgIpc) is 2.16. The lowest BCUT2D eigenvalue weighted by atomic mass is 10.5. The van der Waals surface area contributed by atoms with Crippen LogP contribution in [0.1, 0.15) is 34.1 Å². The van der Waals surface area contributed by atoms with Crippen molar-refractivity contribution in [2.45, 2.75) is 34.1 Å². The summed E-state index contributed by atoms with van der Waals surface area (Å²) in [5.74, 6) is 0. The van der Waals surface area contributed by atoms with Crippen molar-refractivity contribution in [1.29, 1.82) is 0 Å². The fraction of sp³-hybridized carbons (Fsp3) is 0.778. The molecule has 0 rings (SSSR count). The zero-order valence-corrected chi connectivity index (χ0v) is 9.68. The van der Waals surface area contributed by atoms with Crippen LogP contribution in [-0.2, 0) is 9.47 Å². The van der Waals surface area contributed by atoms with E-state index in [-0.39, 0.29) is 7.43 Å². The normalized spacial score (nSPS) is 7.08. The van der Waals surface area contributed by atoms with Crippen molar-refractivity contribution in [1.82, 2.24) is 0 Å². The quantitative estimate of drug-likeness (QED) is 0.669. The molecule has 0 aromatic carbocycles. The second kappa shape index (κ2) is 14.3. The van der Waals surface area contributed by atoms with E-state index in [1.807, 2.05) is 13.8 Å². The molecule has 0 unspecified atom stereocenters. The Morgan fingerprint density at radius 1 is 0.923 bits per heavy atom. The first-order valence-electron chi connectivity index (χ1n) is 3.75. The molecule has 4 heteroatoms. The van der Waals surface area contributed by atoms with Crippen LogP contribution in [0.15, 0.2) is 0 Å². The minimum absolute atomic E-state index is 0. The molecule has 2 nitrogen and oxygen atoms in total. The molecule has 0 aromatic rings. The van der Waals surface area contributed by atoms with Gasteiger partial charge < -0.3 is 9.47 Å². The molecule has 0 fully saturated rings. The van der Waals surface area contributed by atoms with Crippen molar-refractivity contribution < 1.29 is 9.47 Å². The van der Waals surface area contributed by atoms with E-state index in [0.717, 1.165) is 12.8 Å². The highest BCUT2D eigenvalue weighted by molar-refractivity contribution is 7.80. The summed E-state index contributed by atoms with van der Waals surface area (Å²) in [4.78, 5) is 0. The van der Waals surface area contributed by atoms with E-state index in [2.05, 4.69) is 33.9 Å². The molecule has 0 radical (unpaired) electrons. The molecule has 0 aliphatic rings. The maximum atomic E-state index is 4.63. The Balaban J connectivity index is -0.000000143. The predicted molar refractivity (Wildman–Crippen MR) is 66.5 cm³/mol. The Labute approximate surface area is 92.6 Å². The van der Waals surface area contributed by atoms with Crippen molar-refractivity contribution >= 4 is 34.5 Å². The summed E-state index contributed by atoms with van der Waals surface area (Å²) < 4.78 is 9.26. The second-order valence-electron chi connectivity index (χ2n) is 1.86. The lowest BCUT2D eigenvalue weighted by Crippen LogP contribution is -1.91. The summed E-state index contributed by atoms with van der Waals surface area (Å²) in [6, 6.07) is 0. The van der Waals surface area contributed by atoms with Crippen LogP contribution in [0.5, 0.6) is 0 Å². The summed E-state index contributed by atoms with van der Waals surface area (Å²) in [7, 11) is 3.18. The molecule has 80 valence electrons. The van der Waals surface area contributed by atoms with Crippen molar-refractivity contribution in [2.75, 3.05) is 14.2 Å². The molecule has 0 saturated heterocycles. The van der Waals surface area contributed by atoms with E-state index in [1.54, 1.807) is 14.2 Å². The van der Waals surface area contributed by atoms with Crippen molar-refractivity contribution in [3.8, 4) is 0 Å². The second-order valence-corrected chi connectivity index (χ2v) is 2.77. The minimum Gasteiger partial charge on any atom is -0.490 e. The van der Waals surface area contributed by atoms with Crippen LogP contribution < -0.4 is 0 Å². The van der Waals surface area contributed by atoms with Crippen molar-refractivity contribution in [3.63, 3.8) is 0 Å². The number of thiocarbonyl (C=S) groups is 2. The van der Waals surface area contributed by atoms with Gasteiger partial charge in [0.15, 0.2) is 10.1 Å². The summed E-state index contributed by atoms with van der Waals surface area (Å²) in [6.45, 7) is 3.93. The standard InChI is InChI=1S/2C4H8OS.CH4/c2*1-3-4(6)5-2;/h2*3H2,1-2H3;1H4. The van der Waals surface area contributed by atoms with Gasteiger partial charge in [-0.2, -0.15) is 0 Å². The fourth-order valence-corrected chi connectivity index (χ4v) is 0.289. The van der Waals surface area contributed by atoms with Crippen LogP contribution in [0.4, 0.5) is 0 Å². The summed E-state index contributed by atoms with van der Waals surface area (Å²) in [6.07, 6.45) is 1.68. The molecule has 0 aromatic heterocycles. The van der Waals surface area contributed by atoms with Gasteiger partial charge in [-0.15, -0.1) is 0 Å². The molecule has 0 saturated carbocycles. The third kappa shape index (κ3) is 18.6. The monoisotopic (exact) mass is 224 g/mol. The molecular weight excluding hydrogens is 204 g/mol. The van der Waals surface area contributed by atoms with Crippen LogP contribution in [0.2, 0.25) is 0 Å². The number of ether oxygens (including phenoxy) is 2. The van der Waals surface area contributed by atoms with E-state index < -0.39 is 0 Å². The van der Waals surface area contributed by atoms with Gasteiger partial charge in [-0.1, -0.05) is 21.3 Å². The van der Waals surface area contributed by atoms with Gasteiger partial charge in [-0.3, -0.25) is 0 Å². The molecule has 0 aliphatic heterocycles. The number of hydrogen-bond donors (Lipinski definition) is 0. The first-order chi connectivity index (χ1) is 5.62. The predicted octanol–water partition coefficient (Wildman–Crippen LogP) is 3.38. The van der Waals surface area contributed by atoms with Gasteiger partial charge in [0.05, 0.1) is 14.2 Å². The number of methoxy groups -OCH3 is 2. The Morgan fingerprint density at radius 3 is 1.15 bits per heavy atom. The number of hydrogen-bond acceptors (Lipinski definition) is 4. The third-order valence-electron chi connectivity index (χ3n) is 1.03. The number of rotatable bonds is 2. The molecule has 0 atom stereocenters. The van der Waals surface area contributed by atoms with Gasteiger partial charge in [0, 0.05) is 12.8 Å². The first-order valence-corrected chi connectivity index (χ1v) is 4.57. The molecule has 0 spiro atoms. The first kappa shape index (κ1) is 18.5. The van der Waals surface area contributed by atoms with Gasteiger partial charge in [0.2, 0.25) is 0 Å². The van der Waals surface area contributed by atoms with Crippen LogP contribution in [0.25, 0.3) is 0 Å². The Bertz CT molecular complexity index is 108. The highest BCUT2D eigenvalue weighted by atomic mass is 32.1. The highest BCUT2D eigenvalue weighted by Gasteiger charge is 1.81. The van der Waals surface area contributed by atoms with Gasteiger partial charge in [0.25, 0.3) is 0 Å². The fourth-order valence-electron chi connectivity index (χ4n) is 0.289. The van der Waals surface area contributed by atoms with E-state index >= 15 is 0 Å². The highest BCUT2D eigenvalue weighted by Crippen LogP contribution is 1.82. The summed E-state index contributed by atoms with van der Waals surface area (Å²) in [5, 5.41) is 1.35. The molecule has 0 amide bonds. The van der Waals surface area contributed by atoms with E-state index in [4.69, 9.17) is 0 Å². The lowest BCUT2D eigenvalue weighted by molar-refractivity contribution is 0.404. The summed E-state index contributed by atoms with van der Waals surface area (Å²) >= 11 is 9.27. The van der Waals surface area contributed by atoms with Gasteiger partial charge in [0.1, 0.15) is 0 Å². The Morgan fingerprint density at radius 2 is 1.15 bits per heavy atom. The Hall–Kier alpha value is -0.220. The smallest absolute Gasteiger partial charge is 0.158 e. The molecule has 0 N–H and O–H groups in total. The maximum Gasteiger partial charge on any atom is 0.158 e. The zero-order chi connectivity index (χ0) is 9.98. The largest absolute Gasteiger partial charge is 0.490 e. The Kier molecular flexibility index (Phi) is 20.4. The third-order valence-corrected chi connectivity index (χ3v) is 1.94.